The van der Waals surface area contributed by atoms with Crippen LogP contribution in [-0.2, 0) is 22.2 Å². The first kappa shape index (κ1) is 38.4. The number of anilines is 1. The predicted octanol–water partition coefficient (Wildman–Crippen LogP) is 6.15. The number of nitrogen functional groups attached to an aromatic ring is 1. The van der Waals surface area contributed by atoms with Crippen LogP contribution in [0.3, 0.4) is 0 Å². The van der Waals surface area contributed by atoms with Gasteiger partial charge in [-0.05, 0) is 70.8 Å². The number of hydrogen-bond acceptors (Lipinski definition) is 6. The minimum atomic E-state index is -4.37. The fourth-order valence-electron chi connectivity index (χ4n) is 4.27. The lowest BCUT2D eigenvalue weighted by Crippen LogP contribution is -2.29. The smallest absolute Gasteiger partial charge is 0.398 e. The molecule has 3 amide bonds. The third-order valence-electron chi connectivity index (χ3n) is 6.35. The number of allylic oxidation sites excluding steroid dienone is 1. The Kier molecular flexibility index (Phi) is 16.8. The molecule has 0 spiro atoms. The average Bonchev–Trinajstić information content (AvgIpc) is 3.03. The maximum absolute atomic E-state index is 13.2. The highest BCUT2D eigenvalue weighted by Gasteiger charge is 2.32. The minimum absolute atomic E-state index is 0.143. The lowest BCUT2D eigenvalue weighted by Gasteiger charge is -2.24. The summed E-state index contributed by atoms with van der Waals surface area (Å²) in [4.78, 5) is 33.5. The Morgan fingerprint density at radius 3 is 2.33 bits per heavy atom. The average molecular weight is 644 g/mol. The van der Waals surface area contributed by atoms with E-state index in [0.29, 0.717) is 54.7 Å². The Hall–Kier alpha value is -4.58. The Balaban J connectivity index is 0.000000449. The van der Waals surface area contributed by atoms with Crippen molar-refractivity contribution in [1.29, 1.82) is 5.41 Å². The molecular weight excluding hydrogens is 603 g/mol. The van der Waals surface area contributed by atoms with Crippen molar-refractivity contribution in [3.63, 3.8) is 0 Å². The Morgan fingerprint density at radius 1 is 1.09 bits per heavy atom. The topological polar surface area (TPSA) is 142 Å². The highest BCUT2D eigenvalue weighted by Crippen LogP contribution is 2.35. The van der Waals surface area contributed by atoms with E-state index in [4.69, 9.17) is 15.9 Å². The highest BCUT2D eigenvalue weighted by atomic mass is 32.1. The molecule has 1 aliphatic rings. The first-order valence-electron chi connectivity index (χ1n) is 14.2. The molecule has 4 rings (SSSR count). The van der Waals surface area contributed by atoms with E-state index in [2.05, 4.69) is 23.7 Å². The second-order valence-corrected chi connectivity index (χ2v) is 9.74. The number of benzene rings is 3. The van der Waals surface area contributed by atoms with Crippen LogP contribution in [-0.4, -0.2) is 49.5 Å². The number of alkyl halides is 3. The summed E-state index contributed by atoms with van der Waals surface area (Å²) in [6.07, 6.45) is 2.87. The quantitative estimate of drug-likeness (QED) is 0.0912. The Morgan fingerprint density at radius 2 is 1.73 bits per heavy atom. The molecule has 0 unspecified atom stereocenters. The molecule has 45 heavy (non-hydrogen) atoms. The van der Waals surface area contributed by atoms with Crippen molar-refractivity contribution in [2.45, 2.75) is 39.8 Å². The molecule has 0 aliphatic carbocycles. The van der Waals surface area contributed by atoms with E-state index in [9.17, 15) is 22.8 Å². The Bertz CT molecular complexity index is 1510. The molecule has 1 aliphatic heterocycles. The molecule has 0 saturated carbocycles. The molecule has 12 heteroatoms. The molecule has 0 fully saturated rings. The van der Waals surface area contributed by atoms with E-state index in [-0.39, 0.29) is 17.7 Å². The van der Waals surface area contributed by atoms with E-state index in [1.165, 1.54) is 12.1 Å². The van der Waals surface area contributed by atoms with Crippen LogP contribution < -0.4 is 16.8 Å². The van der Waals surface area contributed by atoms with E-state index in [1.807, 2.05) is 39.0 Å². The minimum Gasteiger partial charge on any atom is -0.398 e. The van der Waals surface area contributed by atoms with Crippen LogP contribution in [0.5, 0.6) is 0 Å². The van der Waals surface area contributed by atoms with Crippen molar-refractivity contribution in [2.75, 3.05) is 25.4 Å². The van der Waals surface area contributed by atoms with Crippen molar-refractivity contribution in [2.24, 2.45) is 5.73 Å². The molecule has 6 N–H and O–H groups in total. The number of nitrogens with two attached hydrogens (primary N) is 2. The molecule has 0 aromatic heterocycles. The number of carbonyl (C=O) groups is 3. The van der Waals surface area contributed by atoms with Gasteiger partial charge in [0.25, 0.3) is 5.91 Å². The zero-order valence-corrected chi connectivity index (χ0v) is 26.4. The zero-order chi connectivity index (χ0) is 34.0. The van der Waals surface area contributed by atoms with Crippen LogP contribution in [0.15, 0.2) is 77.2 Å². The van der Waals surface area contributed by atoms with Gasteiger partial charge in [-0.1, -0.05) is 56.3 Å². The van der Waals surface area contributed by atoms with E-state index >= 15 is 0 Å². The highest BCUT2D eigenvalue weighted by molar-refractivity contribution is 7.84. The van der Waals surface area contributed by atoms with Crippen LogP contribution in [0.4, 0.5) is 18.9 Å². The lowest BCUT2D eigenvalue weighted by molar-refractivity contribution is -0.136. The zero-order valence-electron chi connectivity index (χ0n) is 25.5. The predicted molar refractivity (Wildman–Crippen MR) is 178 cm³/mol. The van der Waals surface area contributed by atoms with Crippen LogP contribution in [0.25, 0.3) is 10.8 Å². The van der Waals surface area contributed by atoms with Crippen LogP contribution in [0.1, 0.15) is 54.2 Å². The first-order valence-corrected chi connectivity index (χ1v) is 14.6. The second kappa shape index (κ2) is 19.6. The van der Waals surface area contributed by atoms with Gasteiger partial charge in [-0.15, -0.1) is 12.6 Å². The molecule has 3 aromatic rings. The number of nitrogens with one attached hydrogen (secondary N) is 2. The summed E-state index contributed by atoms with van der Waals surface area (Å²) in [6.45, 7) is 7.60. The van der Waals surface area contributed by atoms with E-state index < -0.39 is 11.7 Å². The number of thiol groups is 1. The van der Waals surface area contributed by atoms with E-state index in [1.54, 1.807) is 35.2 Å². The summed E-state index contributed by atoms with van der Waals surface area (Å²) < 4.78 is 39.6. The molecule has 0 saturated heterocycles. The second-order valence-electron chi connectivity index (χ2n) is 9.20. The van der Waals surface area contributed by atoms with Gasteiger partial charge < -0.3 is 27.1 Å². The maximum atomic E-state index is 13.2. The van der Waals surface area contributed by atoms with Crippen molar-refractivity contribution < 1.29 is 27.6 Å². The van der Waals surface area contributed by atoms with Gasteiger partial charge in [0.1, 0.15) is 0 Å². The number of nitrogens with zero attached hydrogens (tertiary/aromatic N) is 1. The standard InChI is InChI=1S/C20H18F3NOS.C10H13N3O.C2H6.CH3NO/c21-20(22,23)18-9-3-7-16-14(5-2-8-17(16)18)4-1-6-15-12-24(13-25)11-10-19(15)26;1-2-13-10(14)7-3-4-9(12)8(5-7)6-11;1-2;2-1-3/h1-3,5-9,13,26H,4,10-12H2;3-6,11H,2,12H2,1H3,(H,13,14);1-2H3;1H,(H2,2,3)/b6-1+;;;. The number of amides is 3. The van der Waals surface area contributed by atoms with Gasteiger partial charge in [-0.2, -0.15) is 13.2 Å². The Labute approximate surface area is 267 Å². The SMILES string of the molecule is CC.CCNC(=O)c1ccc(N)c(C=N)c1.NC=O.O=CN1CCC(S)=C(/C=C/Cc2cccc3c(C(F)(F)F)cccc23)C1. The molecule has 0 atom stereocenters. The summed E-state index contributed by atoms with van der Waals surface area (Å²) >= 11 is 4.46. The van der Waals surface area contributed by atoms with Gasteiger partial charge in [0.15, 0.2) is 0 Å². The van der Waals surface area contributed by atoms with Crippen molar-refractivity contribution >= 4 is 54.0 Å². The third-order valence-corrected chi connectivity index (χ3v) is 6.86. The van der Waals surface area contributed by atoms with Gasteiger partial charge in [0.05, 0.1) is 5.56 Å². The fraction of sp³-hybridized carbons (Fsp3) is 0.273. The third kappa shape index (κ3) is 11.8. The van der Waals surface area contributed by atoms with Gasteiger partial charge >= 0.3 is 6.18 Å². The van der Waals surface area contributed by atoms with Crippen molar-refractivity contribution in [1.82, 2.24) is 10.2 Å². The molecule has 1 heterocycles. The number of hydrogen-bond donors (Lipinski definition) is 5. The maximum Gasteiger partial charge on any atom is 0.417 e. The van der Waals surface area contributed by atoms with Gasteiger partial charge in [0, 0.05) is 42.7 Å². The lowest BCUT2D eigenvalue weighted by atomic mass is 9.97. The number of fused-ring (bicyclic) bond motifs is 1. The van der Waals surface area contributed by atoms with Crippen molar-refractivity contribution in [3.05, 3.63) is 99.5 Å². The molecule has 242 valence electrons. The number of carbonyl (C=O) groups excluding carboxylic acids is 3. The van der Waals surface area contributed by atoms with Crippen LogP contribution in [0.2, 0.25) is 0 Å². The normalized spacial score (nSPS) is 12.6. The van der Waals surface area contributed by atoms with Crippen LogP contribution in [0, 0.1) is 5.41 Å². The number of rotatable bonds is 7. The number of primary amides is 1. The van der Waals surface area contributed by atoms with Crippen LogP contribution >= 0.6 is 12.6 Å². The summed E-state index contributed by atoms with van der Waals surface area (Å²) in [7, 11) is 0. The summed E-state index contributed by atoms with van der Waals surface area (Å²) in [5, 5.41) is 10.6. The number of halogens is 3. The van der Waals surface area contributed by atoms with Crippen molar-refractivity contribution in [3.8, 4) is 0 Å². The summed E-state index contributed by atoms with van der Waals surface area (Å²) in [5.74, 6) is -0.143. The molecule has 0 bridgehead atoms. The fourth-order valence-corrected chi connectivity index (χ4v) is 4.52. The van der Waals surface area contributed by atoms with Gasteiger partial charge in [0.2, 0.25) is 12.8 Å². The molecular formula is C33H40F3N5O3S. The largest absolute Gasteiger partial charge is 0.417 e. The molecule has 8 nitrogen and oxygen atoms in total. The molecule has 0 radical (unpaired) electrons. The monoisotopic (exact) mass is 643 g/mol. The molecule has 3 aromatic carbocycles. The van der Waals surface area contributed by atoms with Gasteiger partial charge in [-0.3, -0.25) is 14.4 Å². The van der Waals surface area contributed by atoms with Gasteiger partial charge in [-0.25, -0.2) is 0 Å². The summed E-state index contributed by atoms with van der Waals surface area (Å²) in [6, 6.07) is 14.1. The van der Waals surface area contributed by atoms with E-state index in [0.717, 1.165) is 34.7 Å². The first-order chi connectivity index (χ1) is 21.5. The summed E-state index contributed by atoms with van der Waals surface area (Å²) in [5.41, 5.74) is 12.5.